The van der Waals surface area contributed by atoms with Gasteiger partial charge >= 0.3 is 0 Å². The van der Waals surface area contributed by atoms with E-state index in [0.717, 1.165) is 54.8 Å². The summed E-state index contributed by atoms with van der Waals surface area (Å²) in [4.78, 5) is 25.9. The summed E-state index contributed by atoms with van der Waals surface area (Å²) in [6, 6.07) is 5.74. The molecule has 2 heterocycles. The van der Waals surface area contributed by atoms with Gasteiger partial charge in [0, 0.05) is 38.2 Å². The lowest BCUT2D eigenvalue weighted by Crippen LogP contribution is -2.40. The molecule has 1 fully saturated rings. The van der Waals surface area contributed by atoms with Crippen LogP contribution in [0.5, 0.6) is 5.75 Å². The van der Waals surface area contributed by atoms with Crippen molar-refractivity contribution >= 4 is 17.5 Å². The van der Waals surface area contributed by atoms with Crippen LogP contribution < -0.4 is 15.4 Å². The smallest absolute Gasteiger partial charge is 0.224 e. The summed E-state index contributed by atoms with van der Waals surface area (Å²) >= 11 is 0. The van der Waals surface area contributed by atoms with Crippen molar-refractivity contribution in [3.63, 3.8) is 0 Å². The number of carbonyl (C=O) groups is 2. The lowest BCUT2D eigenvalue weighted by atomic mass is 9.92. The van der Waals surface area contributed by atoms with E-state index in [1.807, 2.05) is 18.2 Å². The molecule has 0 saturated carbocycles. The zero-order valence-electron chi connectivity index (χ0n) is 17.8. The fraction of sp³-hybridized carbons (Fsp3) is 0.652. The second-order valence-corrected chi connectivity index (χ2v) is 8.73. The number of anilines is 1. The van der Waals surface area contributed by atoms with Gasteiger partial charge in [0.1, 0.15) is 5.75 Å². The number of hydrogen-bond acceptors (Lipinski definition) is 4. The van der Waals surface area contributed by atoms with Crippen LogP contribution in [0.25, 0.3) is 0 Å². The van der Waals surface area contributed by atoms with Gasteiger partial charge in [-0.15, -0.1) is 0 Å². The van der Waals surface area contributed by atoms with Crippen LogP contribution in [0, 0.1) is 11.8 Å². The molecule has 6 heteroatoms. The van der Waals surface area contributed by atoms with E-state index in [1.54, 1.807) is 0 Å². The summed E-state index contributed by atoms with van der Waals surface area (Å²) in [5, 5.41) is 5.90. The molecule has 2 N–H and O–H groups in total. The average Bonchev–Trinajstić information content (AvgIpc) is 2.68. The van der Waals surface area contributed by atoms with Crippen molar-refractivity contribution in [2.24, 2.45) is 11.8 Å². The van der Waals surface area contributed by atoms with Crippen molar-refractivity contribution in [1.29, 1.82) is 0 Å². The lowest BCUT2D eigenvalue weighted by molar-refractivity contribution is -0.121. The summed E-state index contributed by atoms with van der Waals surface area (Å²) in [6.07, 6.45) is 4.78. The second-order valence-electron chi connectivity index (χ2n) is 8.73. The number of benzene rings is 1. The molecule has 0 radical (unpaired) electrons. The molecule has 0 bridgehead atoms. The van der Waals surface area contributed by atoms with E-state index in [2.05, 4.69) is 29.4 Å². The maximum atomic E-state index is 12.0. The van der Waals surface area contributed by atoms with Crippen molar-refractivity contribution in [1.82, 2.24) is 10.2 Å². The first kappa shape index (κ1) is 21.6. The number of amides is 2. The SMILES string of the molecule is CC1CC(C)CN(CCCNC(=O)CCCOc2ccc3c(c2)CCC(=O)N3)C1. The van der Waals surface area contributed by atoms with E-state index in [4.69, 9.17) is 4.74 Å². The topological polar surface area (TPSA) is 70.7 Å². The molecule has 0 aromatic heterocycles. The van der Waals surface area contributed by atoms with Gasteiger partial charge in [-0.05, 0) is 67.8 Å². The van der Waals surface area contributed by atoms with Gasteiger partial charge in [0.05, 0.1) is 6.61 Å². The molecule has 0 aliphatic carbocycles. The molecule has 1 aromatic carbocycles. The first-order chi connectivity index (χ1) is 14.0. The number of aryl methyl sites for hydroxylation is 1. The average molecular weight is 402 g/mol. The Kier molecular flexibility index (Phi) is 7.92. The molecule has 160 valence electrons. The lowest BCUT2D eigenvalue weighted by Gasteiger charge is -2.34. The number of rotatable bonds is 9. The molecule has 1 saturated heterocycles. The number of likely N-dealkylation sites (tertiary alicyclic amines) is 1. The van der Waals surface area contributed by atoms with Gasteiger partial charge in [-0.25, -0.2) is 0 Å². The minimum atomic E-state index is 0.0669. The van der Waals surface area contributed by atoms with Crippen molar-refractivity contribution in [2.45, 2.75) is 52.4 Å². The summed E-state index contributed by atoms with van der Waals surface area (Å²) in [7, 11) is 0. The fourth-order valence-electron chi connectivity index (χ4n) is 4.47. The van der Waals surface area contributed by atoms with Gasteiger partial charge in [-0.1, -0.05) is 13.8 Å². The van der Waals surface area contributed by atoms with Gasteiger partial charge in [0.2, 0.25) is 11.8 Å². The quantitative estimate of drug-likeness (QED) is 0.624. The van der Waals surface area contributed by atoms with Gasteiger partial charge in [-0.2, -0.15) is 0 Å². The molecule has 6 nitrogen and oxygen atoms in total. The third kappa shape index (κ3) is 7.03. The minimum Gasteiger partial charge on any atom is -0.494 e. The zero-order chi connectivity index (χ0) is 20.6. The highest BCUT2D eigenvalue weighted by atomic mass is 16.5. The van der Waals surface area contributed by atoms with E-state index >= 15 is 0 Å². The molecule has 2 aliphatic rings. The molecule has 0 spiro atoms. The summed E-state index contributed by atoms with van der Waals surface area (Å²) in [6.45, 7) is 9.35. The van der Waals surface area contributed by atoms with Gasteiger partial charge in [0.25, 0.3) is 0 Å². The van der Waals surface area contributed by atoms with E-state index in [-0.39, 0.29) is 11.8 Å². The standard InChI is InChI=1S/C23H35N3O3/c1-17-13-18(2)16-26(15-17)11-4-10-24-22(27)5-3-12-29-20-7-8-21-19(14-20)6-9-23(28)25-21/h7-8,14,17-18H,3-6,9-13,15-16H2,1-2H3,(H,24,27)(H,25,28). The van der Waals surface area contributed by atoms with Gasteiger partial charge in [-0.3, -0.25) is 9.59 Å². The first-order valence-electron chi connectivity index (χ1n) is 11.0. The minimum absolute atomic E-state index is 0.0669. The van der Waals surface area contributed by atoms with Crippen LogP contribution in [0.2, 0.25) is 0 Å². The highest BCUT2D eigenvalue weighted by Gasteiger charge is 2.21. The highest BCUT2D eigenvalue weighted by molar-refractivity contribution is 5.94. The fourth-order valence-corrected chi connectivity index (χ4v) is 4.47. The summed E-state index contributed by atoms with van der Waals surface area (Å²) < 4.78 is 5.77. The summed E-state index contributed by atoms with van der Waals surface area (Å²) in [5.74, 6) is 2.52. The maximum Gasteiger partial charge on any atom is 0.224 e. The Balaban J connectivity index is 1.25. The van der Waals surface area contributed by atoms with Gasteiger partial charge in [0.15, 0.2) is 0 Å². The third-order valence-corrected chi connectivity index (χ3v) is 5.71. The Hall–Kier alpha value is -2.08. The van der Waals surface area contributed by atoms with Crippen molar-refractivity contribution < 1.29 is 14.3 Å². The Bertz CT molecular complexity index is 697. The Morgan fingerprint density at radius 2 is 2.00 bits per heavy atom. The molecule has 2 unspecified atom stereocenters. The number of ether oxygens (including phenoxy) is 1. The van der Waals surface area contributed by atoms with E-state index < -0.39 is 0 Å². The van der Waals surface area contributed by atoms with Crippen LogP contribution in [0.4, 0.5) is 5.69 Å². The van der Waals surface area contributed by atoms with Gasteiger partial charge < -0.3 is 20.3 Å². The number of fused-ring (bicyclic) bond motifs is 1. The number of hydrogen-bond donors (Lipinski definition) is 2. The Morgan fingerprint density at radius 3 is 2.79 bits per heavy atom. The number of nitrogens with one attached hydrogen (secondary N) is 2. The molecular weight excluding hydrogens is 366 g/mol. The van der Waals surface area contributed by atoms with Crippen molar-refractivity contribution in [3.05, 3.63) is 23.8 Å². The van der Waals surface area contributed by atoms with E-state index in [9.17, 15) is 9.59 Å². The third-order valence-electron chi connectivity index (χ3n) is 5.71. The highest BCUT2D eigenvalue weighted by Crippen LogP contribution is 2.27. The van der Waals surface area contributed by atoms with E-state index in [1.165, 1.54) is 19.5 Å². The van der Waals surface area contributed by atoms with E-state index in [0.29, 0.717) is 25.9 Å². The van der Waals surface area contributed by atoms with Crippen LogP contribution in [-0.2, 0) is 16.0 Å². The van der Waals surface area contributed by atoms with Crippen LogP contribution in [0.3, 0.4) is 0 Å². The number of piperidine rings is 1. The first-order valence-corrected chi connectivity index (χ1v) is 11.0. The Morgan fingerprint density at radius 1 is 1.21 bits per heavy atom. The van der Waals surface area contributed by atoms with Crippen molar-refractivity contribution in [2.75, 3.05) is 38.1 Å². The second kappa shape index (κ2) is 10.6. The molecule has 2 amide bonds. The molecule has 2 aliphatic heterocycles. The number of nitrogens with zero attached hydrogens (tertiary/aromatic N) is 1. The predicted molar refractivity (Wildman–Crippen MR) is 115 cm³/mol. The Labute approximate surface area is 174 Å². The summed E-state index contributed by atoms with van der Waals surface area (Å²) in [5.41, 5.74) is 1.98. The molecule has 3 rings (SSSR count). The maximum absolute atomic E-state index is 12.0. The van der Waals surface area contributed by atoms with Crippen LogP contribution in [0.15, 0.2) is 18.2 Å². The largest absolute Gasteiger partial charge is 0.494 e. The molecular formula is C23H35N3O3. The monoisotopic (exact) mass is 401 g/mol. The molecule has 1 aromatic rings. The van der Waals surface area contributed by atoms with Crippen molar-refractivity contribution in [3.8, 4) is 5.75 Å². The zero-order valence-corrected chi connectivity index (χ0v) is 17.8. The predicted octanol–water partition coefficient (Wildman–Crippen LogP) is 3.21. The van der Waals surface area contributed by atoms with Crippen LogP contribution in [-0.4, -0.2) is 49.5 Å². The molecule has 2 atom stereocenters. The van der Waals surface area contributed by atoms with Crippen LogP contribution >= 0.6 is 0 Å². The molecule has 29 heavy (non-hydrogen) atoms. The normalized spacial score (nSPS) is 21.9. The van der Waals surface area contributed by atoms with Crippen LogP contribution in [0.1, 0.15) is 51.5 Å². The number of carbonyl (C=O) groups excluding carboxylic acids is 2.